The first-order valence-corrected chi connectivity index (χ1v) is 7.40. The van der Waals surface area contributed by atoms with E-state index < -0.39 is 0 Å². The zero-order valence-electron chi connectivity index (χ0n) is 12.8. The highest BCUT2D eigenvalue weighted by molar-refractivity contribution is 5.77. The third-order valence-corrected chi connectivity index (χ3v) is 3.49. The molecule has 0 atom stereocenters. The van der Waals surface area contributed by atoms with Crippen LogP contribution < -0.4 is 5.32 Å². The van der Waals surface area contributed by atoms with Crippen molar-refractivity contribution in [3.8, 4) is 17.5 Å². The summed E-state index contributed by atoms with van der Waals surface area (Å²) in [5.41, 5.74) is 3.41. The van der Waals surface area contributed by atoms with Crippen LogP contribution in [-0.4, -0.2) is 25.6 Å². The molecule has 4 rings (SSSR count). The molecule has 0 bridgehead atoms. The lowest BCUT2D eigenvalue weighted by molar-refractivity contribution is 0.620. The minimum Gasteiger partial charge on any atom is -0.436 e. The van der Waals surface area contributed by atoms with E-state index in [1.807, 2.05) is 54.6 Å². The molecule has 0 aliphatic carbocycles. The number of anilines is 1. The topological polar surface area (TPSA) is 116 Å². The summed E-state index contributed by atoms with van der Waals surface area (Å²) in [7, 11) is 0. The quantitative estimate of drug-likeness (QED) is 0.553. The number of para-hydroxylation sites is 2. The number of tetrazole rings is 1. The number of allylic oxidation sites excluding steroid dienone is 1. The summed E-state index contributed by atoms with van der Waals surface area (Å²) in [5, 5.41) is 25.6. The first-order valence-electron chi connectivity index (χ1n) is 7.40. The molecule has 4 aromatic rings. The standard InChI is InChI=1S/C17H11N7O/c18-9-12(16-21-23-24-22-16)10-19-13-5-3-4-11(8-13)17-20-14-6-1-2-7-15(14)25-17/h1-8,10,19H,(H,21,22,23,24). The predicted molar refractivity (Wildman–Crippen MR) is 90.8 cm³/mol. The highest BCUT2D eigenvalue weighted by Gasteiger charge is 2.09. The SMILES string of the molecule is N#CC(=CNc1cccc(-c2nc3ccccc3o2)c1)c1nn[nH]n1. The van der Waals surface area contributed by atoms with Crippen molar-refractivity contribution >= 4 is 22.4 Å². The number of aromatic nitrogens is 5. The lowest BCUT2D eigenvalue weighted by atomic mass is 10.2. The number of rotatable bonds is 4. The number of oxazole rings is 1. The Balaban J connectivity index is 1.62. The molecule has 120 valence electrons. The highest BCUT2D eigenvalue weighted by Crippen LogP contribution is 2.26. The Hall–Kier alpha value is -3.99. The summed E-state index contributed by atoms with van der Waals surface area (Å²) in [5.74, 6) is 0.762. The van der Waals surface area contributed by atoms with Crippen LogP contribution in [0.5, 0.6) is 0 Å². The number of H-pyrrole nitrogens is 1. The summed E-state index contributed by atoms with van der Waals surface area (Å²) in [6.45, 7) is 0. The molecule has 0 amide bonds. The summed E-state index contributed by atoms with van der Waals surface area (Å²) < 4.78 is 5.78. The van der Waals surface area contributed by atoms with E-state index in [1.165, 1.54) is 6.20 Å². The second kappa shape index (κ2) is 6.25. The molecule has 8 heteroatoms. The molecule has 0 fully saturated rings. The van der Waals surface area contributed by atoms with Crippen molar-refractivity contribution < 1.29 is 4.42 Å². The van der Waals surface area contributed by atoms with Gasteiger partial charge in [-0.1, -0.05) is 18.2 Å². The average Bonchev–Trinajstić information content (AvgIpc) is 3.32. The van der Waals surface area contributed by atoms with Gasteiger partial charge < -0.3 is 9.73 Å². The lowest BCUT2D eigenvalue weighted by Crippen LogP contribution is -1.93. The largest absolute Gasteiger partial charge is 0.436 e. The van der Waals surface area contributed by atoms with E-state index in [1.54, 1.807) is 0 Å². The Morgan fingerprint density at radius 2 is 2.12 bits per heavy atom. The molecular weight excluding hydrogens is 318 g/mol. The molecule has 0 spiro atoms. The van der Waals surface area contributed by atoms with Gasteiger partial charge in [-0.15, -0.1) is 10.2 Å². The first kappa shape index (κ1) is 14.6. The van der Waals surface area contributed by atoms with Crippen LogP contribution in [0.2, 0.25) is 0 Å². The number of nitriles is 1. The van der Waals surface area contributed by atoms with E-state index in [0.717, 1.165) is 22.4 Å². The van der Waals surface area contributed by atoms with Gasteiger partial charge in [-0.05, 0) is 35.5 Å². The second-order valence-electron chi connectivity index (χ2n) is 5.12. The molecular formula is C17H11N7O. The van der Waals surface area contributed by atoms with Gasteiger partial charge in [0.25, 0.3) is 0 Å². The molecule has 2 heterocycles. The van der Waals surface area contributed by atoms with E-state index in [4.69, 9.17) is 4.42 Å². The van der Waals surface area contributed by atoms with Crippen molar-refractivity contribution in [2.45, 2.75) is 0 Å². The lowest BCUT2D eigenvalue weighted by Gasteiger charge is -2.03. The van der Waals surface area contributed by atoms with Gasteiger partial charge in [0, 0.05) is 17.5 Å². The van der Waals surface area contributed by atoms with Crippen molar-refractivity contribution in [3.63, 3.8) is 0 Å². The molecule has 0 aliphatic rings. The smallest absolute Gasteiger partial charge is 0.227 e. The second-order valence-corrected chi connectivity index (χ2v) is 5.12. The van der Waals surface area contributed by atoms with E-state index in [9.17, 15) is 5.26 Å². The number of nitrogens with one attached hydrogen (secondary N) is 2. The third-order valence-electron chi connectivity index (χ3n) is 3.49. The van der Waals surface area contributed by atoms with E-state index >= 15 is 0 Å². The fraction of sp³-hybridized carbons (Fsp3) is 0. The maximum atomic E-state index is 9.18. The number of aromatic amines is 1. The number of fused-ring (bicyclic) bond motifs is 1. The molecule has 0 radical (unpaired) electrons. The van der Waals surface area contributed by atoms with Crippen LogP contribution in [0.3, 0.4) is 0 Å². The number of benzene rings is 2. The molecule has 0 aliphatic heterocycles. The third kappa shape index (κ3) is 2.94. The van der Waals surface area contributed by atoms with Gasteiger partial charge in [0.1, 0.15) is 17.2 Å². The summed E-state index contributed by atoms with van der Waals surface area (Å²) in [4.78, 5) is 4.48. The summed E-state index contributed by atoms with van der Waals surface area (Å²) in [6, 6.07) is 17.1. The highest BCUT2D eigenvalue weighted by atomic mass is 16.3. The van der Waals surface area contributed by atoms with Gasteiger partial charge in [0.2, 0.25) is 11.7 Å². The van der Waals surface area contributed by atoms with Gasteiger partial charge in [-0.25, -0.2) is 4.98 Å². The fourth-order valence-electron chi connectivity index (χ4n) is 2.32. The van der Waals surface area contributed by atoms with Crippen molar-refractivity contribution in [1.82, 2.24) is 25.6 Å². The Kier molecular flexibility index (Phi) is 3.65. The fourth-order valence-corrected chi connectivity index (χ4v) is 2.32. The van der Waals surface area contributed by atoms with Crippen LogP contribution >= 0.6 is 0 Å². The van der Waals surface area contributed by atoms with Crippen molar-refractivity contribution in [3.05, 3.63) is 60.6 Å². The zero-order valence-corrected chi connectivity index (χ0v) is 12.8. The Bertz CT molecular complexity index is 1060. The van der Waals surface area contributed by atoms with Crippen molar-refractivity contribution in [1.29, 1.82) is 5.26 Å². The molecule has 0 saturated carbocycles. The van der Waals surface area contributed by atoms with Crippen LogP contribution in [-0.2, 0) is 0 Å². The maximum absolute atomic E-state index is 9.18. The van der Waals surface area contributed by atoms with Crippen LogP contribution in [0.4, 0.5) is 5.69 Å². The van der Waals surface area contributed by atoms with E-state index in [0.29, 0.717) is 5.89 Å². The van der Waals surface area contributed by atoms with Crippen LogP contribution in [0, 0.1) is 11.3 Å². The van der Waals surface area contributed by atoms with Gasteiger partial charge in [0.05, 0.1) is 0 Å². The summed E-state index contributed by atoms with van der Waals surface area (Å²) in [6.07, 6.45) is 1.52. The average molecular weight is 329 g/mol. The van der Waals surface area contributed by atoms with Crippen LogP contribution in [0.15, 0.2) is 59.1 Å². The van der Waals surface area contributed by atoms with Gasteiger partial charge in [-0.2, -0.15) is 10.5 Å². The Morgan fingerprint density at radius 3 is 2.92 bits per heavy atom. The molecule has 2 aromatic carbocycles. The molecule has 25 heavy (non-hydrogen) atoms. The maximum Gasteiger partial charge on any atom is 0.227 e. The monoisotopic (exact) mass is 329 g/mol. The van der Waals surface area contributed by atoms with Crippen molar-refractivity contribution in [2.24, 2.45) is 0 Å². The zero-order chi connectivity index (χ0) is 17.1. The molecule has 8 nitrogen and oxygen atoms in total. The van der Waals surface area contributed by atoms with Crippen molar-refractivity contribution in [2.75, 3.05) is 5.32 Å². The van der Waals surface area contributed by atoms with Crippen LogP contribution in [0.1, 0.15) is 5.82 Å². The summed E-state index contributed by atoms with van der Waals surface area (Å²) >= 11 is 0. The number of hydrogen-bond donors (Lipinski definition) is 2. The van der Waals surface area contributed by atoms with E-state index in [-0.39, 0.29) is 11.4 Å². The Morgan fingerprint density at radius 1 is 1.20 bits per heavy atom. The molecule has 2 aromatic heterocycles. The van der Waals surface area contributed by atoms with Gasteiger partial charge >= 0.3 is 0 Å². The minimum absolute atomic E-state index is 0.227. The minimum atomic E-state index is 0.227. The van der Waals surface area contributed by atoms with Crippen LogP contribution in [0.25, 0.3) is 28.1 Å². The van der Waals surface area contributed by atoms with E-state index in [2.05, 4.69) is 30.9 Å². The Labute approximate surface area is 141 Å². The number of nitrogens with zero attached hydrogens (tertiary/aromatic N) is 5. The molecule has 0 unspecified atom stereocenters. The first-order chi connectivity index (χ1) is 12.3. The predicted octanol–water partition coefficient (Wildman–Crippen LogP) is 2.98. The molecule has 2 N–H and O–H groups in total. The number of hydrogen-bond acceptors (Lipinski definition) is 7. The molecule has 0 saturated heterocycles. The normalized spacial score (nSPS) is 11.4. The van der Waals surface area contributed by atoms with Gasteiger partial charge in [-0.3, -0.25) is 0 Å². The van der Waals surface area contributed by atoms with Gasteiger partial charge in [0.15, 0.2) is 5.58 Å².